The summed E-state index contributed by atoms with van der Waals surface area (Å²) in [4.78, 5) is 12.6. The van der Waals surface area contributed by atoms with Crippen molar-refractivity contribution in [3.8, 4) is 11.8 Å². The minimum absolute atomic E-state index is 0.250. The van der Waals surface area contributed by atoms with E-state index in [0.29, 0.717) is 42.8 Å². The SMILES string of the molecule is CCOC(=O)c1sc(N)c(C#N)c1CSc1nnc(Nc2ccccc2OCC)s1. The lowest BCUT2D eigenvalue weighted by molar-refractivity contribution is 0.0531. The molecule has 2 aromatic heterocycles. The number of anilines is 3. The second-order valence-corrected chi connectivity index (χ2v) is 8.95. The number of carbonyl (C=O) groups is 1. The molecule has 0 amide bonds. The molecule has 2 heterocycles. The molecular formula is C19H19N5O3S3. The quantitative estimate of drug-likeness (QED) is 0.346. The van der Waals surface area contributed by atoms with Crippen molar-refractivity contribution in [1.29, 1.82) is 5.26 Å². The fraction of sp³-hybridized carbons (Fsp3) is 0.263. The molecule has 3 aromatic rings. The molecule has 0 aliphatic rings. The number of thioether (sulfide) groups is 1. The zero-order valence-electron chi connectivity index (χ0n) is 16.3. The van der Waals surface area contributed by atoms with E-state index in [0.717, 1.165) is 22.8 Å². The smallest absolute Gasteiger partial charge is 0.348 e. The van der Waals surface area contributed by atoms with Gasteiger partial charge in [0, 0.05) is 11.3 Å². The standard InChI is InChI=1S/C19H19N5O3S3/c1-3-26-14-8-6-5-7-13(14)22-18-23-24-19(30-18)28-10-12-11(9-20)16(21)29-15(12)17(25)27-4-2/h5-8H,3-4,10,21H2,1-2H3,(H,22,23). The first-order valence-corrected chi connectivity index (χ1v) is 11.6. The number of hydrogen-bond acceptors (Lipinski definition) is 11. The van der Waals surface area contributed by atoms with Crippen molar-refractivity contribution < 1.29 is 14.3 Å². The second kappa shape index (κ2) is 10.3. The summed E-state index contributed by atoms with van der Waals surface area (Å²) in [6.45, 7) is 4.46. The van der Waals surface area contributed by atoms with Gasteiger partial charge in [-0.25, -0.2) is 4.79 Å². The summed E-state index contributed by atoms with van der Waals surface area (Å²) in [6.07, 6.45) is 0. The molecule has 0 saturated carbocycles. The molecule has 11 heteroatoms. The van der Waals surface area contributed by atoms with Crippen molar-refractivity contribution in [3.63, 3.8) is 0 Å². The Morgan fingerprint density at radius 3 is 2.80 bits per heavy atom. The summed E-state index contributed by atoms with van der Waals surface area (Å²) in [5, 5.41) is 21.9. The minimum atomic E-state index is -0.474. The van der Waals surface area contributed by atoms with Crippen LogP contribution in [-0.4, -0.2) is 29.4 Å². The Morgan fingerprint density at radius 1 is 1.27 bits per heavy atom. The van der Waals surface area contributed by atoms with Gasteiger partial charge in [-0.3, -0.25) is 0 Å². The molecule has 0 bridgehead atoms. The third-order valence-corrected chi connectivity index (χ3v) is 6.82. The molecule has 3 N–H and O–H groups in total. The number of nitrogens with one attached hydrogen (secondary N) is 1. The van der Waals surface area contributed by atoms with Crippen LogP contribution in [0.1, 0.15) is 34.6 Å². The lowest BCUT2D eigenvalue weighted by Crippen LogP contribution is -2.05. The topological polar surface area (TPSA) is 123 Å². The Labute approximate surface area is 186 Å². The minimum Gasteiger partial charge on any atom is -0.492 e. The molecule has 0 radical (unpaired) electrons. The van der Waals surface area contributed by atoms with Crippen LogP contribution in [0, 0.1) is 11.3 Å². The first-order chi connectivity index (χ1) is 14.6. The predicted octanol–water partition coefficient (Wildman–Crippen LogP) is 4.66. The molecule has 0 unspecified atom stereocenters. The molecule has 8 nitrogen and oxygen atoms in total. The largest absolute Gasteiger partial charge is 0.492 e. The van der Waals surface area contributed by atoms with Crippen LogP contribution in [-0.2, 0) is 10.5 Å². The van der Waals surface area contributed by atoms with Gasteiger partial charge in [0.1, 0.15) is 21.7 Å². The first kappa shape index (κ1) is 21.9. The summed E-state index contributed by atoms with van der Waals surface area (Å²) in [5.74, 6) is 0.615. The van der Waals surface area contributed by atoms with Gasteiger partial charge in [-0.05, 0) is 26.0 Å². The number of aromatic nitrogens is 2. The number of hydrogen-bond donors (Lipinski definition) is 2. The predicted molar refractivity (Wildman–Crippen MR) is 120 cm³/mol. The van der Waals surface area contributed by atoms with Gasteiger partial charge in [-0.15, -0.1) is 21.5 Å². The number of ether oxygens (including phenoxy) is 2. The molecule has 0 atom stereocenters. The summed E-state index contributed by atoms with van der Waals surface area (Å²) in [7, 11) is 0. The van der Waals surface area contributed by atoms with Gasteiger partial charge >= 0.3 is 5.97 Å². The summed E-state index contributed by atoms with van der Waals surface area (Å²) < 4.78 is 11.4. The van der Waals surface area contributed by atoms with Crippen molar-refractivity contribution in [2.45, 2.75) is 23.9 Å². The van der Waals surface area contributed by atoms with Gasteiger partial charge in [-0.2, -0.15) is 5.26 Å². The second-order valence-electron chi connectivity index (χ2n) is 5.70. The Balaban J connectivity index is 1.74. The Morgan fingerprint density at radius 2 is 2.07 bits per heavy atom. The molecule has 0 fully saturated rings. The van der Waals surface area contributed by atoms with E-state index in [1.165, 1.54) is 23.1 Å². The number of esters is 1. The van der Waals surface area contributed by atoms with E-state index in [-0.39, 0.29) is 6.61 Å². The highest BCUT2D eigenvalue weighted by molar-refractivity contribution is 8.00. The number of nitrogens with zero attached hydrogens (tertiary/aromatic N) is 3. The van der Waals surface area contributed by atoms with Crippen LogP contribution in [0.15, 0.2) is 28.6 Å². The Bertz CT molecular complexity index is 1070. The van der Waals surface area contributed by atoms with Crippen LogP contribution in [0.3, 0.4) is 0 Å². The lowest BCUT2D eigenvalue weighted by atomic mass is 10.2. The van der Waals surface area contributed by atoms with Gasteiger partial charge in [-0.1, -0.05) is 35.2 Å². The lowest BCUT2D eigenvalue weighted by Gasteiger charge is -2.09. The third-order valence-electron chi connectivity index (χ3n) is 3.78. The van der Waals surface area contributed by atoms with E-state index in [1.807, 2.05) is 31.2 Å². The van der Waals surface area contributed by atoms with Crippen LogP contribution >= 0.6 is 34.4 Å². The van der Waals surface area contributed by atoms with Gasteiger partial charge in [0.05, 0.1) is 24.5 Å². The fourth-order valence-corrected chi connectivity index (χ4v) is 5.34. The first-order valence-electron chi connectivity index (χ1n) is 9.00. The summed E-state index contributed by atoms with van der Waals surface area (Å²) >= 11 is 3.81. The van der Waals surface area contributed by atoms with E-state index in [4.69, 9.17) is 15.2 Å². The van der Waals surface area contributed by atoms with E-state index in [1.54, 1.807) is 6.92 Å². The van der Waals surface area contributed by atoms with E-state index >= 15 is 0 Å². The molecule has 30 heavy (non-hydrogen) atoms. The van der Waals surface area contributed by atoms with Gasteiger partial charge in [0.15, 0.2) is 4.34 Å². The van der Waals surface area contributed by atoms with Gasteiger partial charge < -0.3 is 20.5 Å². The molecule has 0 spiro atoms. The van der Waals surface area contributed by atoms with E-state index in [2.05, 4.69) is 21.6 Å². The fourth-order valence-electron chi connectivity index (χ4n) is 2.53. The summed E-state index contributed by atoms with van der Waals surface area (Å²) in [5.41, 5.74) is 7.59. The van der Waals surface area contributed by atoms with Gasteiger partial charge in [0.25, 0.3) is 0 Å². The third kappa shape index (κ3) is 5.02. The number of para-hydroxylation sites is 2. The molecule has 156 valence electrons. The highest BCUT2D eigenvalue weighted by Crippen LogP contribution is 2.37. The van der Waals surface area contributed by atoms with Crippen LogP contribution < -0.4 is 15.8 Å². The Hall–Kier alpha value is -2.81. The van der Waals surface area contributed by atoms with E-state index < -0.39 is 5.97 Å². The number of nitrogens with two attached hydrogens (primary N) is 1. The number of rotatable bonds is 9. The molecule has 0 aliphatic heterocycles. The maximum Gasteiger partial charge on any atom is 0.348 e. The van der Waals surface area contributed by atoms with Crippen molar-refractivity contribution in [2.75, 3.05) is 24.3 Å². The van der Waals surface area contributed by atoms with Crippen molar-refractivity contribution in [1.82, 2.24) is 10.2 Å². The van der Waals surface area contributed by atoms with Crippen LogP contribution in [0.2, 0.25) is 0 Å². The highest BCUT2D eigenvalue weighted by atomic mass is 32.2. The number of carbonyl (C=O) groups excluding carboxylic acids is 1. The van der Waals surface area contributed by atoms with Crippen molar-refractivity contribution >= 4 is 56.2 Å². The normalized spacial score (nSPS) is 10.4. The van der Waals surface area contributed by atoms with Crippen molar-refractivity contribution in [3.05, 3.63) is 40.3 Å². The molecule has 0 saturated heterocycles. The zero-order valence-corrected chi connectivity index (χ0v) is 18.7. The zero-order chi connectivity index (χ0) is 21.5. The monoisotopic (exact) mass is 461 g/mol. The maximum atomic E-state index is 12.2. The Kier molecular flexibility index (Phi) is 7.51. The maximum absolute atomic E-state index is 12.2. The average molecular weight is 462 g/mol. The van der Waals surface area contributed by atoms with E-state index in [9.17, 15) is 10.1 Å². The molecular weight excluding hydrogens is 442 g/mol. The van der Waals surface area contributed by atoms with Crippen LogP contribution in [0.4, 0.5) is 15.8 Å². The molecule has 3 rings (SSSR count). The van der Waals surface area contributed by atoms with Crippen LogP contribution in [0.5, 0.6) is 5.75 Å². The number of nitrogen functional groups attached to an aromatic ring is 1. The van der Waals surface area contributed by atoms with Crippen molar-refractivity contribution in [2.24, 2.45) is 0 Å². The van der Waals surface area contributed by atoms with Gasteiger partial charge in [0.2, 0.25) is 5.13 Å². The number of thiophene rings is 1. The molecule has 0 aliphatic carbocycles. The summed E-state index contributed by atoms with van der Waals surface area (Å²) in [6, 6.07) is 9.67. The highest BCUT2D eigenvalue weighted by Gasteiger charge is 2.23. The number of nitriles is 1. The number of benzene rings is 1. The average Bonchev–Trinajstić information content (AvgIpc) is 3.31. The van der Waals surface area contributed by atoms with Crippen LogP contribution in [0.25, 0.3) is 0 Å². The molecule has 1 aromatic carbocycles.